The maximum atomic E-state index is 12.6. The third kappa shape index (κ3) is 1.78. The van der Waals surface area contributed by atoms with E-state index in [2.05, 4.69) is 9.97 Å². The number of rotatable bonds is 2. The normalized spacial score (nSPS) is 10.4. The van der Waals surface area contributed by atoms with E-state index >= 15 is 0 Å². The van der Waals surface area contributed by atoms with Crippen LogP contribution in [0.1, 0.15) is 4.88 Å². The highest BCUT2D eigenvalue weighted by Crippen LogP contribution is 2.22. The molecule has 2 heterocycles. The summed E-state index contributed by atoms with van der Waals surface area (Å²) in [6, 6.07) is 2.97. The van der Waals surface area contributed by atoms with Crippen molar-refractivity contribution in [1.29, 1.82) is 0 Å². The zero-order valence-corrected chi connectivity index (χ0v) is 8.09. The number of nitrogens with zero attached hydrogens (tertiary/aromatic N) is 2. The number of pyridine rings is 1. The third-order valence-electron chi connectivity index (χ3n) is 1.70. The molecule has 2 aromatic heterocycles. The van der Waals surface area contributed by atoms with Crippen LogP contribution in [0, 0.1) is 5.82 Å². The van der Waals surface area contributed by atoms with E-state index in [9.17, 15) is 4.39 Å². The van der Waals surface area contributed by atoms with E-state index in [0.29, 0.717) is 12.2 Å². The highest BCUT2D eigenvalue weighted by Gasteiger charge is 2.04. The number of hydrogen-bond donors (Lipinski definition) is 1. The number of hydrogen-bond acceptors (Lipinski definition) is 4. The minimum Gasteiger partial charge on any atom is -0.326 e. The molecule has 0 radical (unpaired) electrons. The largest absolute Gasteiger partial charge is 0.326 e. The van der Waals surface area contributed by atoms with Crippen LogP contribution in [0.5, 0.6) is 0 Å². The van der Waals surface area contributed by atoms with Gasteiger partial charge in [-0.3, -0.25) is 4.98 Å². The molecule has 0 saturated carbocycles. The molecule has 0 amide bonds. The van der Waals surface area contributed by atoms with Gasteiger partial charge in [0.05, 0.1) is 11.9 Å². The quantitative estimate of drug-likeness (QED) is 0.820. The second kappa shape index (κ2) is 3.81. The molecule has 0 aliphatic carbocycles. The van der Waals surface area contributed by atoms with Gasteiger partial charge in [0.25, 0.3) is 0 Å². The van der Waals surface area contributed by atoms with Crippen molar-refractivity contribution in [2.24, 2.45) is 5.73 Å². The van der Waals surface area contributed by atoms with E-state index in [-0.39, 0.29) is 5.82 Å². The van der Waals surface area contributed by atoms with Gasteiger partial charge in [-0.1, -0.05) is 0 Å². The highest BCUT2D eigenvalue weighted by atomic mass is 32.1. The summed E-state index contributed by atoms with van der Waals surface area (Å²) in [4.78, 5) is 9.06. The van der Waals surface area contributed by atoms with Crippen LogP contribution in [0.25, 0.3) is 10.7 Å². The first-order chi connectivity index (χ1) is 6.79. The Morgan fingerprint density at radius 2 is 2.14 bits per heavy atom. The second-order valence-corrected chi connectivity index (χ2v) is 3.81. The van der Waals surface area contributed by atoms with E-state index < -0.39 is 0 Å². The Balaban J connectivity index is 2.34. The highest BCUT2D eigenvalue weighted by molar-refractivity contribution is 7.14. The molecule has 5 heteroatoms. The summed E-state index contributed by atoms with van der Waals surface area (Å²) in [6.45, 7) is 0.471. The number of thiazole rings is 1. The number of nitrogens with two attached hydrogens (primary N) is 1. The third-order valence-corrected chi connectivity index (χ3v) is 2.74. The van der Waals surface area contributed by atoms with E-state index in [1.165, 1.54) is 23.6 Å². The molecule has 0 saturated heterocycles. The maximum Gasteiger partial charge on any atom is 0.142 e. The lowest BCUT2D eigenvalue weighted by Crippen LogP contribution is -1.91. The van der Waals surface area contributed by atoms with Gasteiger partial charge in [-0.15, -0.1) is 11.3 Å². The average molecular weight is 209 g/mol. The Morgan fingerprint density at radius 3 is 2.71 bits per heavy atom. The van der Waals surface area contributed by atoms with Crippen LogP contribution < -0.4 is 5.73 Å². The Bertz CT molecular complexity index is 424. The molecule has 72 valence electrons. The summed E-state index contributed by atoms with van der Waals surface area (Å²) >= 11 is 1.47. The van der Waals surface area contributed by atoms with Crippen LogP contribution in [0.3, 0.4) is 0 Å². The first kappa shape index (κ1) is 9.23. The summed E-state index contributed by atoms with van der Waals surface area (Å²) in [5.74, 6) is -0.343. The molecule has 2 rings (SSSR count). The van der Waals surface area contributed by atoms with Gasteiger partial charge in [0.15, 0.2) is 0 Å². The summed E-state index contributed by atoms with van der Waals surface area (Å²) in [5.41, 5.74) is 6.13. The van der Waals surface area contributed by atoms with Gasteiger partial charge in [-0.05, 0) is 12.1 Å². The molecule has 3 nitrogen and oxygen atoms in total. The standard InChI is InChI=1S/C9H8FN3S/c10-6-1-2-8(12-4-6)9-13-5-7(3-11)14-9/h1-2,4-5H,3,11H2. The monoisotopic (exact) mass is 209 g/mol. The zero-order chi connectivity index (χ0) is 9.97. The van der Waals surface area contributed by atoms with E-state index in [0.717, 1.165) is 9.88 Å². The summed E-state index contributed by atoms with van der Waals surface area (Å²) in [5, 5.41) is 0.769. The van der Waals surface area contributed by atoms with Gasteiger partial charge in [-0.2, -0.15) is 0 Å². The molecule has 0 aromatic carbocycles. The van der Waals surface area contributed by atoms with Crippen LogP contribution in [-0.2, 0) is 6.54 Å². The Labute approximate surface area is 84.4 Å². The van der Waals surface area contributed by atoms with Crippen molar-refractivity contribution in [3.05, 3.63) is 35.2 Å². The number of aromatic nitrogens is 2. The molecular formula is C9H8FN3S. The molecule has 14 heavy (non-hydrogen) atoms. The molecule has 0 aliphatic heterocycles. The molecule has 0 fully saturated rings. The van der Waals surface area contributed by atoms with Crippen molar-refractivity contribution in [3.63, 3.8) is 0 Å². The van der Waals surface area contributed by atoms with E-state index in [1.807, 2.05) is 0 Å². The molecule has 0 spiro atoms. The van der Waals surface area contributed by atoms with Gasteiger partial charge in [-0.25, -0.2) is 9.37 Å². The molecule has 2 aromatic rings. The van der Waals surface area contributed by atoms with Crippen LogP contribution in [-0.4, -0.2) is 9.97 Å². The fourth-order valence-electron chi connectivity index (χ4n) is 1.02. The van der Waals surface area contributed by atoms with Gasteiger partial charge in [0.2, 0.25) is 0 Å². The van der Waals surface area contributed by atoms with Crippen molar-refractivity contribution >= 4 is 11.3 Å². The minimum absolute atomic E-state index is 0.343. The smallest absolute Gasteiger partial charge is 0.142 e. The lowest BCUT2D eigenvalue weighted by molar-refractivity contribution is 0.622. The summed E-state index contributed by atoms with van der Waals surface area (Å²) in [6.07, 6.45) is 2.89. The lowest BCUT2D eigenvalue weighted by atomic mass is 10.3. The molecule has 0 unspecified atom stereocenters. The Morgan fingerprint density at radius 1 is 1.29 bits per heavy atom. The van der Waals surface area contributed by atoms with Gasteiger partial charge < -0.3 is 5.73 Å². The van der Waals surface area contributed by atoms with Crippen LogP contribution in [0.2, 0.25) is 0 Å². The minimum atomic E-state index is -0.343. The van der Waals surface area contributed by atoms with Crippen molar-refractivity contribution in [3.8, 4) is 10.7 Å². The predicted molar refractivity (Wildman–Crippen MR) is 53.2 cm³/mol. The fraction of sp³-hybridized carbons (Fsp3) is 0.111. The Hall–Kier alpha value is -1.33. The van der Waals surface area contributed by atoms with Crippen LogP contribution >= 0.6 is 11.3 Å². The van der Waals surface area contributed by atoms with Gasteiger partial charge in [0, 0.05) is 17.6 Å². The van der Waals surface area contributed by atoms with Crippen LogP contribution in [0.15, 0.2) is 24.5 Å². The van der Waals surface area contributed by atoms with Crippen molar-refractivity contribution < 1.29 is 4.39 Å². The van der Waals surface area contributed by atoms with Crippen molar-refractivity contribution in [2.45, 2.75) is 6.54 Å². The summed E-state index contributed by atoms with van der Waals surface area (Å²) in [7, 11) is 0. The topological polar surface area (TPSA) is 51.8 Å². The SMILES string of the molecule is NCc1cnc(-c2ccc(F)cn2)s1. The van der Waals surface area contributed by atoms with E-state index in [4.69, 9.17) is 5.73 Å². The summed E-state index contributed by atoms with van der Waals surface area (Å²) < 4.78 is 12.6. The van der Waals surface area contributed by atoms with Crippen LogP contribution in [0.4, 0.5) is 4.39 Å². The number of halogens is 1. The predicted octanol–water partition coefficient (Wildman–Crippen LogP) is 1.80. The van der Waals surface area contributed by atoms with Crippen molar-refractivity contribution in [1.82, 2.24) is 9.97 Å². The Kier molecular flexibility index (Phi) is 2.51. The maximum absolute atomic E-state index is 12.6. The molecule has 0 aliphatic rings. The first-order valence-electron chi connectivity index (χ1n) is 4.06. The lowest BCUT2D eigenvalue weighted by Gasteiger charge is -1.93. The fourth-order valence-corrected chi connectivity index (χ4v) is 1.79. The molecule has 0 atom stereocenters. The zero-order valence-electron chi connectivity index (χ0n) is 7.27. The van der Waals surface area contributed by atoms with E-state index in [1.54, 1.807) is 12.3 Å². The van der Waals surface area contributed by atoms with Gasteiger partial charge in [0.1, 0.15) is 10.8 Å². The van der Waals surface area contributed by atoms with Gasteiger partial charge >= 0.3 is 0 Å². The second-order valence-electron chi connectivity index (χ2n) is 2.70. The molecule has 2 N–H and O–H groups in total. The first-order valence-corrected chi connectivity index (χ1v) is 4.88. The average Bonchev–Trinajstić information content (AvgIpc) is 2.67. The molecule has 0 bridgehead atoms. The van der Waals surface area contributed by atoms with Crippen molar-refractivity contribution in [2.75, 3.05) is 0 Å². The molecular weight excluding hydrogens is 201 g/mol.